The van der Waals surface area contributed by atoms with Gasteiger partial charge in [-0.1, -0.05) is 48.9 Å². The summed E-state index contributed by atoms with van der Waals surface area (Å²) in [7, 11) is 1.32. The van der Waals surface area contributed by atoms with E-state index in [9.17, 15) is 9.90 Å². The summed E-state index contributed by atoms with van der Waals surface area (Å²) in [6, 6.07) is 16.5. The molecular formula is C20H24ClNO4. The number of nitrogens with one attached hydrogen (secondary N) is 1. The molecule has 0 saturated heterocycles. The van der Waals surface area contributed by atoms with Crippen LogP contribution in [0.15, 0.2) is 54.6 Å². The summed E-state index contributed by atoms with van der Waals surface area (Å²) in [5.41, 5.74) is -0.450. The lowest BCUT2D eigenvalue weighted by molar-refractivity contribution is -0.164. The molecule has 26 heavy (non-hydrogen) atoms. The van der Waals surface area contributed by atoms with Crippen molar-refractivity contribution in [2.24, 2.45) is 0 Å². The molecule has 0 amide bonds. The van der Waals surface area contributed by atoms with Gasteiger partial charge in [0.2, 0.25) is 0 Å². The van der Waals surface area contributed by atoms with E-state index < -0.39 is 11.7 Å². The average Bonchev–Trinajstić information content (AvgIpc) is 2.66. The van der Waals surface area contributed by atoms with Crippen molar-refractivity contribution in [2.75, 3.05) is 20.3 Å². The van der Waals surface area contributed by atoms with Gasteiger partial charge in [-0.2, -0.15) is 0 Å². The molecule has 0 spiro atoms. The second-order valence-corrected chi connectivity index (χ2v) is 6.48. The van der Waals surface area contributed by atoms with Gasteiger partial charge in [-0.05, 0) is 35.7 Å². The topological polar surface area (TPSA) is 67.8 Å². The Kier molecular flexibility index (Phi) is 7.45. The van der Waals surface area contributed by atoms with E-state index in [-0.39, 0.29) is 19.1 Å². The third kappa shape index (κ3) is 5.21. The molecule has 0 saturated carbocycles. The van der Waals surface area contributed by atoms with Crippen molar-refractivity contribution >= 4 is 17.6 Å². The first-order valence-corrected chi connectivity index (χ1v) is 8.82. The van der Waals surface area contributed by atoms with Gasteiger partial charge in [0, 0.05) is 18.0 Å². The number of rotatable bonds is 9. The van der Waals surface area contributed by atoms with Crippen molar-refractivity contribution in [1.29, 1.82) is 0 Å². The van der Waals surface area contributed by atoms with Crippen LogP contribution < -0.4 is 10.1 Å². The second kappa shape index (κ2) is 9.57. The molecule has 140 valence electrons. The molecule has 0 aliphatic heterocycles. The highest BCUT2D eigenvalue weighted by Crippen LogP contribution is 2.30. The Labute approximate surface area is 158 Å². The Hall–Kier alpha value is -2.08. The molecule has 2 atom stereocenters. The molecule has 0 aromatic heterocycles. The highest BCUT2D eigenvalue weighted by atomic mass is 35.5. The van der Waals surface area contributed by atoms with E-state index in [1.807, 2.05) is 43.3 Å². The van der Waals surface area contributed by atoms with Crippen LogP contribution in [0.25, 0.3) is 0 Å². The van der Waals surface area contributed by atoms with Crippen LogP contribution >= 0.6 is 11.6 Å². The number of esters is 1. The lowest BCUT2D eigenvalue weighted by Gasteiger charge is -2.34. The van der Waals surface area contributed by atoms with Gasteiger partial charge in [0.25, 0.3) is 5.72 Å². The van der Waals surface area contributed by atoms with E-state index in [2.05, 4.69) is 5.32 Å². The van der Waals surface area contributed by atoms with Gasteiger partial charge >= 0.3 is 5.97 Å². The number of carbonyl (C=O) groups is 1. The molecular weight excluding hydrogens is 354 g/mol. The van der Waals surface area contributed by atoms with Gasteiger partial charge in [-0.3, -0.25) is 5.32 Å². The van der Waals surface area contributed by atoms with Gasteiger partial charge < -0.3 is 14.6 Å². The molecule has 2 unspecified atom stereocenters. The second-order valence-electron chi connectivity index (χ2n) is 6.04. The average molecular weight is 378 g/mol. The lowest BCUT2D eigenvalue weighted by Crippen LogP contribution is -2.58. The molecule has 6 heteroatoms. The van der Waals surface area contributed by atoms with Gasteiger partial charge in [0.1, 0.15) is 5.75 Å². The van der Waals surface area contributed by atoms with Crippen LogP contribution in [0, 0.1) is 0 Å². The number of aliphatic hydroxyl groups is 1. The maximum absolute atomic E-state index is 12.7. The first-order chi connectivity index (χ1) is 12.5. The molecule has 2 N–H and O–H groups in total. The van der Waals surface area contributed by atoms with Crippen molar-refractivity contribution in [1.82, 2.24) is 5.32 Å². The summed E-state index contributed by atoms with van der Waals surface area (Å²) in [5.74, 6) is -0.0759. The number of para-hydroxylation sites is 1. The van der Waals surface area contributed by atoms with E-state index in [1.165, 1.54) is 7.11 Å². The van der Waals surface area contributed by atoms with E-state index in [0.29, 0.717) is 17.2 Å². The molecule has 2 rings (SSSR count). The smallest absolute Gasteiger partial charge is 0.366 e. The SMILES string of the molecule is COC(=O)C(CC(C)c1cccc(Cl)c1)(NCCO)Oc1ccccc1. The molecule has 5 nitrogen and oxygen atoms in total. The minimum absolute atomic E-state index is 0.0531. The van der Waals surface area contributed by atoms with Crippen LogP contribution in [0.4, 0.5) is 0 Å². The molecule has 2 aromatic carbocycles. The van der Waals surface area contributed by atoms with Crippen LogP contribution in [0.1, 0.15) is 24.8 Å². The van der Waals surface area contributed by atoms with Crippen molar-refractivity contribution in [3.63, 3.8) is 0 Å². The Morgan fingerprint density at radius 3 is 2.58 bits per heavy atom. The Morgan fingerprint density at radius 2 is 1.96 bits per heavy atom. The molecule has 0 heterocycles. The van der Waals surface area contributed by atoms with Gasteiger partial charge in [0.15, 0.2) is 0 Å². The number of hydrogen-bond donors (Lipinski definition) is 2. The van der Waals surface area contributed by atoms with Crippen LogP contribution in [-0.4, -0.2) is 37.1 Å². The molecule has 0 fully saturated rings. The molecule has 0 aliphatic carbocycles. The molecule has 0 aliphatic rings. The fraction of sp³-hybridized carbons (Fsp3) is 0.350. The number of hydrogen-bond acceptors (Lipinski definition) is 5. The van der Waals surface area contributed by atoms with Crippen LogP contribution in [0.5, 0.6) is 5.75 Å². The van der Waals surface area contributed by atoms with Crippen molar-refractivity contribution < 1.29 is 19.4 Å². The predicted octanol–water partition coefficient (Wildman–Crippen LogP) is 3.36. The first kappa shape index (κ1) is 20.2. The summed E-state index contributed by atoms with van der Waals surface area (Å²) >= 11 is 6.09. The number of halogens is 1. The van der Waals surface area contributed by atoms with E-state index in [1.54, 1.807) is 18.2 Å². The summed E-state index contributed by atoms with van der Waals surface area (Å²) in [5, 5.41) is 12.9. The number of benzene rings is 2. The molecule has 0 bridgehead atoms. The van der Waals surface area contributed by atoms with Crippen molar-refractivity contribution in [3.8, 4) is 5.75 Å². The lowest BCUT2D eigenvalue weighted by atomic mass is 9.91. The monoisotopic (exact) mass is 377 g/mol. The van der Waals surface area contributed by atoms with E-state index in [0.717, 1.165) is 5.56 Å². The van der Waals surface area contributed by atoms with Crippen molar-refractivity contribution in [2.45, 2.75) is 25.0 Å². The summed E-state index contributed by atoms with van der Waals surface area (Å²) < 4.78 is 11.1. The maximum atomic E-state index is 12.7. The van der Waals surface area contributed by atoms with Gasteiger partial charge in [-0.15, -0.1) is 0 Å². The number of methoxy groups -OCH3 is 1. The van der Waals surface area contributed by atoms with E-state index in [4.69, 9.17) is 21.1 Å². The van der Waals surface area contributed by atoms with E-state index >= 15 is 0 Å². The van der Waals surface area contributed by atoms with Gasteiger partial charge in [0.05, 0.1) is 13.7 Å². The minimum Gasteiger partial charge on any atom is -0.465 e. The minimum atomic E-state index is -1.43. The zero-order chi connectivity index (χ0) is 19.0. The first-order valence-electron chi connectivity index (χ1n) is 8.44. The quantitative estimate of drug-likeness (QED) is 0.518. The van der Waals surface area contributed by atoms with Crippen LogP contribution in [-0.2, 0) is 9.53 Å². The Morgan fingerprint density at radius 1 is 1.23 bits per heavy atom. The fourth-order valence-electron chi connectivity index (χ4n) is 2.82. The van der Waals surface area contributed by atoms with Crippen LogP contribution in [0.2, 0.25) is 5.02 Å². The third-order valence-corrected chi connectivity index (χ3v) is 4.32. The molecule has 0 radical (unpaired) electrons. The van der Waals surface area contributed by atoms with Crippen molar-refractivity contribution in [3.05, 3.63) is 65.2 Å². The van der Waals surface area contributed by atoms with Crippen LogP contribution in [0.3, 0.4) is 0 Å². The molecule has 2 aromatic rings. The largest absolute Gasteiger partial charge is 0.465 e. The zero-order valence-corrected chi connectivity index (χ0v) is 15.7. The number of carbonyl (C=O) groups excluding carboxylic acids is 1. The normalized spacial score (nSPS) is 14.3. The highest BCUT2D eigenvalue weighted by molar-refractivity contribution is 6.30. The summed E-state index contributed by atoms with van der Waals surface area (Å²) in [6.45, 7) is 2.03. The third-order valence-electron chi connectivity index (χ3n) is 4.08. The maximum Gasteiger partial charge on any atom is 0.366 e. The highest BCUT2D eigenvalue weighted by Gasteiger charge is 2.43. The standard InChI is InChI=1S/C20H24ClNO4/c1-15(16-7-6-8-17(21)13-16)14-20(19(24)25-2,22-11-12-23)26-18-9-4-3-5-10-18/h3-10,13,15,22-23H,11-12,14H2,1-2H3. The Balaban J connectivity index is 2.34. The summed E-state index contributed by atoms with van der Waals surface area (Å²) in [6.07, 6.45) is 0.301. The van der Waals surface area contributed by atoms with Gasteiger partial charge in [-0.25, -0.2) is 4.79 Å². The predicted molar refractivity (Wildman–Crippen MR) is 101 cm³/mol. The Bertz CT molecular complexity index is 710. The number of aliphatic hydroxyl groups excluding tert-OH is 1. The summed E-state index contributed by atoms with van der Waals surface area (Å²) in [4.78, 5) is 12.7. The zero-order valence-electron chi connectivity index (χ0n) is 14.9. The number of ether oxygens (including phenoxy) is 2. The fourth-order valence-corrected chi connectivity index (χ4v) is 3.02.